The van der Waals surface area contributed by atoms with Crippen LogP contribution in [0.1, 0.15) is 32.1 Å². The molecule has 1 heterocycles. The van der Waals surface area contributed by atoms with Crippen molar-refractivity contribution in [1.29, 1.82) is 0 Å². The van der Waals surface area contributed by atoms with E-state index in [1.165, 1.54) is 0 Å². The lowest BCUT2D eigenvalue weighted by Crippen LogP contribution is -2.35. The first-order chi connectivity index (χ1) is 12.0. The largest absolute Gasteiger partial charge is 0.455 e. The van der Waals surface area contributed by atoms with Crippen LogP contribution in [0.25, 0.3) is 0 Å². The van der Waals surface area contributed by atoms with E-state index in [9.17, 15) is 14.4 Å². The van der Waals surface area contributed by atoms with Crippen molar-refractivity contribution in [2.75, 3.05) is 18.5 Å². The van der Waals surface area contributed by atoms with Crippen LogP contribution < -0.4 is 5.32 Å². The molecule has 0 unspecified atom stereocenters. The SMILES string of the molecule is O=C(COC(=O)[C@@H]1CC(=O)N(C2CCCC2)C1)Nc1ccc(Br)cc1. The van der Waals surface area contributed by atoms with Gasteiger partial charge in [0.25, 0.3) is 5.91 Å². The van der Waals surface area contributed by atoms with Crippen molar-refractivity contribution in [2.45, 2.75) is 38.1 Å². The molecular formula is C18H21BrN2O4. The lowest BCUT2D eigenvalue weighted by atomic mass is 10.1. The molecule has 6 nitrogen and oxygen atoms in total. The van der Waals surface area contributed by atoms with Crippen molar-refractivity contribution < 1.29 is 19.1 Å². The standard InChI is InChI=1S/C18H21BrN2O4/c19-13-5-7-14(8-6-13)20-16(22)11-25-18(24)12-9-17(23)21(10-12)15-3-1-2-4-15/h5-8,12,15H,1-4,9-11H2,(H,20,22)/t12-/m1/s1. The molecule has 0 aromatic heterocycles. The van der Waals surface area contributed by atoms with Gasteiger partial charge in [0.2, 0.25) is 5.91 Å². The van der Waals surface area contributed by atoms with Crippen molar-refractivity contribution in [2.24, 2.45) is 5.92 Å². The zero-order valence-corrected chi connectivity index (χ0v) is 15.5. The van der Waals surface area contributed by atoms with Crippen molar-refractivity contribution in [1.82, 2.24) is 4.90 Å². The molecule has 1 atom stereocenters. The second kappa shape index (κ2) is 7.99. The summed E-state index contributed by atoms with van der Waals surface area (Å²) >= 11 is 3.32. The Hall–Kier alpha value is -1.89. The summed E-state index contributed by atoms with van der Waals surface area (Å²) in [5.74, 6) is -1.31. The number of carbonyl (C=O) groups excluding carboxylic acids is 3. The van der Waals surface area contributed by atoms with Crippen molar-refractivity contribution in [3.63, 3.8) is 0 Å². The first kappa shape index (κ1) is 17.9. The van der Waals surface area contributed by atoms with E-state index in [1.54, 1.807) is 12.1 Å². The Kier molecular flexibility index (Phi) is 5.73. The molecule has 0 spiro atoms. The molecule has 7 heteroatoms. The summed E-state index contributed by atoms with van der Waals surface area (Å²) in [5, 5.41) is 2.66. The summed E-state index contributed by atoms with van der Waals surface area (Å²) in [6.07, 6.45) is 4.50. The second-order valence-corrected chi connectivity index (χ2v) is 7.46. The van der Waals surface area contributed by atoms with Crippen LogP contribution in [0, 0.1) is 5.92 Å². The van der Waals surface area contributed by atoms with Gasteiger partial charge in [-0.1, -0.05) is 28.8 Å². The quantitative estimate of drug-likeness (QED) is 0.759. The van der Waals surface area contributed by atoms with Crippen LogP contribution in [0.5, 0.6) is 0 Å². The van der Waals surface area contributed by atoms with Gasteiger partial charge in [-0.3, -0.25) is 14.4 Å². The fourth-order valence-electron chi connectivity index (χ4n) is 3.44. The van der Waals surface area contributed by atoms with E-state index >= 15 is 0 Å². The molecule has 25 heavy (non-hydrogen) atoms. The number of halogens is 1. The average Bonchev–Trinajstić information content (AvgIpc) is 3.24. The van der Waals surface area contributed by atoms with Gasteiger partial charge in [0.05, 0.1) is 5.92 Å². The van der Waals surface area contributed by atoms with Gasteiger partial charge in [-0.15, -0.1) is 0 Å². The maximum atomic E-state index is 12.2. The summed E-state index contributed by atoms with van der Waals surface area (Å²) in [4.78, 5) is 38.0. The molecule has 1 saturated carbocycles. The topological polar surface area (TPSA) is 75.7 Å². The smallest absolute Gasteiger partial charge is 0.311 e. The first-order valence-corrected chi connectivity index (χ1v) is 9.34. The molecule has 3 rings (SSSR count). The first-order valence-electron chi connectivity index (χ1n) is 8.54. The third-order valence-electron chi connectivity index (χ3n) is 4.73. The summed E-state index contributed by atoms with van der Waals surface area (Å²) < 4.78 is 6.02. The zero-order chi connectivity index (χ0) is 17.8. The highest BCUT2D eigenvalue weighted by Crippen LogP contribution is 2.29. The molecule has 0 radical (unpaired) electrons. The van der Waals surface area contributed by atoms with Crippen LogP contribution in [-0.4, -0.2) is 41.9 Å². The number of likely N-dealkylation sites (tertiary alicyclic amines) is 1. The number of nitrogens with zero attached hydrogens (tertiary/aromatic N) is 1. The molecule has 1 aliphatic heterocycles. The molecular weight excluding hydrogens is 388 g/mol. The van der Waals surface area contributed by atoms with Gasteiger partial charge in [-0.05, 0) is 37.1 Å². The summed E-state index contributed by atoms with van der Waals surface area (Å²) in [6, 6.07) is 7.39. The van der Waals surface area contributed by atoms with E-state index in [1.807, 2.05) is 17.0 Å². The number of rotatable bonds is 5. The van der Waals surface area contributed by atoms with E-state index in [0.717, 1.165) is 30.2 Å². The number of amides is 2. The molecule has 1 aliphatic carbocycles. The summed E-state index contributed by atoms with van der Waals surface area (Å²) in [5.41, 5.74) is 0.632. The predicted molar refractivity (Wildman–Crippen MR) is 95.8 cm³/mol. The van der Waals surface area contributed by atoms with Gasteiger partial charge in [0, 0.05) is 29.2 Å². The summed E-state index contributed by atoms with van der Waals surface area (Å²) in [6.45, 7) is 0.0691. The molecule has 2 fully saturated rings. The molecule has 2 aliphatic rings. The molecule has 1 N–H and O–H groups in total. The number of anilines is 1. The number of ether oxygens (including phenoxy) is 1. The molecule has 0 bridgehead atoms. The lowest BCUT2D eigenvalue weighted by Gasteiger charge is -2.23. The van der Waals surface area contributed by atoms with E-state index in [4.69, 9.17) is 4.74 Å². The van der Waals surface area contributed by atoms with Gasteiger partial charge in [0.15, 0.2) is 6.61 Å². The Bertz CT molecular complexity index is 656. The molecule has 1 saturated heterocycles. The van der Waals surface area contributed by atoms with Crippen molar-refractivity contribution in [3.8, 4) is 0 Å². The zero-order valence-electron chi connectivity index (χ0n) is 13.9. The Morgan fingerprint density at radius 3 is 2.56 bits per heavy atom. The monoisotopic (exact) mass is 408 g/mol. The fraction of sp³-hybridized carbons (Fsp3) is 0.500. The van der Waals surface area contributed by atoms with Crippen molar-refractivity contribution >= 4 is 39.4 Å². The maximum Gasteiger partial charge on any atom is 0.311 e. The number of esters is 1. The number of nitrogens with one attached hydrogen (secondary N) is 1. The van der Waals surface area contributed by atoms with E-state index in [-0.39, 0.29) is 25.0 Å². The molecule has 134 valence electrons. The van der Waals surface area contributed by atoms with Gasteiger partial charge >= 0.3 is 5.97 Å². The minimum absolute atomic E-state index is 0.0214. The highest BCUT2D eigenvalue weighted by atomic mass is 79.9. The number of hydrogen-bond acceptors (Lipinski definition) is 4. The number of carbonyl (C=O) groups is 3. The van der Waals surface area contributed by atoms with Crippen LogP contribution >= 0.6 is 15.9 Å². The third kappa shape index (κ3) is 4.60. The highest BCUT2D eigenvalue weighted by Gasteiger charge is 2.39. The van der Waals surface area contributed by atoms with Gasteiger partial charge in [-0.25, -0.2) is 0 Å². The van der Waals surface area contributed by atoms with Crippen molar-refractivity contribution in [3.05, 3.63) is 28.7 Å². The lowest BCUT2D eigenvalue weighted by molar-refractivity contribution is -0.151. The maximum absolute atomic E-state index is 12.2. The van der Waals surface area contributed by atoms with Gasteiger partial charge in [-0.2, -0.15) is 0 Å². The van der Waals surface area contributed by atoms with Crippen LogP contribution in [0.4, 0.5) is 5.69 Å². The Balaban J connectivity index is 1.45. The van der Waals surface area contributed by atoms with Crippen LogP contribution in [0.15, 0.2) is 28.7 Å². The number of benzene rings is 1. The fourth-order valence-corrected chi connectivity index (χ4v) is 3.71. The van der Waals surface area contributed by atoms with Crippen LogP contribution in [0.3, 0.4) is 0 Å². The molecule has 1 aromatic rings. The minimum Gasteiger partial charge on any atom is -0.455 e. The highest BCUT2D eigenvalue weighted by molar-refractivity contribution is 9.10. The minimum atomic E-state index is -0.472. The van der Waals surface area contributed by atoms with E-state index in [0.29, 0.717) is 12.2 Å². The predicted octanol–water partition coefficient (Wildman–Crippen LogP) is 2.72. The summed E-state index contributed by atoms with van der Waals surface area (Å²) in [7, 11) is 0. The Morgan fingerprint density at radius 2 is 1.88 bits per heavy atom. The van der Waals surface area contributed by atoms with Gasteiger partial charge in [0.1, 0.15) is 0 Å². The van der Waals surface area contributed by atoms with Gasteiger partial charge < -0.3 is 15.0 Å². The number of hydrogen-bond donors (Lipinski definition) is 1. The van der Waals surface area contributed by atoms with Crippen LogP contribution in [0.2, 0.25) is 0 Å². The van der Waals surface area contributed by atoms with E-state index in [2.05, 4.69) is 21.2 Å². The molecule has 2 amide bonds. The van der Waals surface area contributed by atoms with E-state index < -0.39 is 17.8 Å². The molecule has 1 aromatic carbocycles. The normalized spacial score (nSPS) is 20.8. The third-order valence-corrected chi connectivity index (χ3v) is 5.26. The van der Waals surface area contributed by atoms with Crippen LogP contribution in [-0.2, 0) is 19.1 Å². The second-order valence-electron chi connectivity index (χ2n) is 6.55. The average molecular weight is 409 g/mol. The Labute approximate surface area is 155 Å². The Morgan fingerprint density at radius 1 is 1.20 bits per heavy atom.